The van der Waals surface area contributed by atoms with Gasteiger partial charge in [0.2, 0.25) is 0 Å². The number of esters is 1. The number of aryl methyl sites for hydroxylation is 1. The molecule has 0 saturated heterocycles. The van der Waals surface area contributed by atoms with Gasteiger partial charge in [0, 0.05) is 6.08 Å². The summed E-state index contributed by atoms with van der Waals surface area (Å²) in [4.78, 5) is 23.8. The van der Waals surface area contributed by atoms with Gasteiger partial charge in [0.1, 0.15) is 17.0 Å². The van der Waals surface area contributed by atoms with E-state index >= 15 is 0 Å². The van der Waals surface area contributed by atoms with Gasteiger partial charge < -0.3 is 9.15 Å². The maximum absolute atomic E-state index is 12.2. The first kappa shape index (κ1) is 14.7. The van der Waals surface area contributed by atoms with E-state index in [1.165, 1.54) is 12.2 Å². The fourth-order valence-electron chi connectivity index (χ4n) is 1.97. The molecule has 3 aromatic rings. The van der Waals surface area contributed by atoms with Crippen LogP contribution in [0.1, 0.15) is 11.5 Å². The number of hydrogen-bond donors (Lipinski definition) is 0. The van der Waals surface area contributed by atoms with Gasteiger partial charge in [-0.1, -0.05) is 17.3 Å². The minimum atomic E-state index is -0.610. The Labute approximate surface area is 130 Å². The highest BCUT2D eigenvalue weighted by atomic mass is 16.5. The van der Waals surface area contributed by atoms with Crippen LogP contribution in [0.15, 0.2) is 51.7 Å². The highest BCUT2D eigenvalue weighted by molar-refractivity contribution is 5.86. The van der Waals surface area contributed by atoms with Crippen molar-refractivity contribution in [3.63, 3.8) is 0 Å². The maximum Gasteiger partial charge on any atom is 0.332 e. The second kappa shape index (κ2) is 6.27. The van der Waals surface area contributed by atoms with Crippen LogP contribution in [0, 0.1) is 6.92 Å². The normalized spacial score (nSPS) is 11.2. The van der Waals surface area contributed by atoms with Crippen LogP contribution >= 0.6 is 0 Å². The first-order valence-corrected chi connectivity index (χ1v) is 6.87. The summed E-state index contributed by atoms with van der Waals surface area (Å²) in [6, 6.07) is 10.4. The molecule has 0 spiro atoms. The standard InChI is InChI=1S/C16H13N3O4/c1-11-6-7-12(23-11)8-9-15(20)22-10-19-16(21)13-4-2-3-5-14(13)17-18-19/h2-9H,10H2,1H3. The Morgan fingerprint density at radius 2 is 2.13 bits per heavy atom. The Bertz CT molecular complexity index is 940. The third-order valence-electron chi connectivity index (χ3n) is 3.10. The molecule has 2 heterocycles. The van der Waals surface area contributed by atoms with E-state index in [0.29, 0.717) is 16.7 Å². The molecule has 3 rings (SSSR count). The minimum Gasteiger partial charge on any atom is -0.462 e. The molecule has 0 bridgehead atoms. The second-order valence-electron chi connectivity index (χ2n) is 4.79. The van der Waals surface area contributed by atoms with E-state index in [2.05, 4.69) is 10.3 Å². The zero-order chi connectivity index (χ0) is 16.2. The molecule has 0 fully saturated rings. The lowest BCUT2D eigenvalue weighted by Gasteiger charge is -2.04. The van der Waals surface area contributed by atoms with Gasteiger partial charge in [0.15, 0.2) is 6.73 Å². The van der Waals surface area contributed by atoms with E-state index < -0.39 is 5.97 Å². The molecule has 0 amide bonds. The van der Waals surface area contributed by atoms with Gasteiger partial charge in [0.25, 0.3) is 5.56 Å². The zero-order valence-electron chi connectivity index (χ0n) is 12.3. The molecule has 7 nitrogen and oxygen atoms in total. The van der Waals surface area contributed by atoms with Crippen molar-refractivity contribution in [2.75, 3.05) is 0 Å². The number of fused-ring (bicyclic) bond motifs is 1. The van der Waals surface area contributed by atoms with Crippen molar-refractivity contribution in [1.29, 1.82) is 0 Å². The van der Waals surface area contributed by atoms with Crippen LogP contribution in [0.4, 0.5) is 0 Å². The van der Waals surface area contributed by atoms with Gasteiger partial charge in [-0.2, -0.15) is 4.68 Å². The molecule has 0 aliphatic carbocycles. The molecule has 0 saturated carbocycles. The van der Waals surface area contributed by atoms with Gasteiger partial charge in [-0.3, -0.25) is 4.79 Å². The van der Waals surface area contributed by atoms with Crippen molar-refractivity contribution in [2.45, 2.75) is 13.7 Å². The third kappa shape index (κ3) is 3.34. The van der Waals surface area contributed by atoms with E-state index in [0.717, 1.165) is 10.4 Å². The summed E-state index contributed by atoms with van der Waals surface area (Å²) >= 11 is 0. The van der Waals surface area contributed by atoms with Crippen LogP contribution < -0.4 is 5.56 Å². The predicted octanol–water partition coefficient (Wildman–Crippen LogP) is 1.91. The van der Waals surface area contributed by atoms with Gasteiger partial charge >= 0.3 is 5.97 Å². The summed E-state index contributed by atoms with van der Waals surface area (Å²) in [6.45, 7) is 1.50. The minimum absolute atomic E-state index is 0.309. The molecule has 2 aromatic heterocycles. The molecule has 0 unspecified atom stereocenters. The van der Waals surface area contributed by atoms with E-state index in [1.807, 2.05) is 0 Å². The number of hydrogen-bond acceptors (Lipinski definition) is 6. The first-order valence-electron chi connectivity index (χ1n) is 6.87. The monoisotopic (exact) mass is 311 g/mol. The number of rotatable bonds is 4. The number of nitrogens with zero attached hydrogens (tertiary/aromatic N) is 3. The summed E-state index contributed by atoms with van der Waals surface area (Å²) in [5.74, 6) is 0.680. The van der Waals surface area contributed by atoms with Gasteiger partial charge in [0.05, 0.1) is 5.39 Å². The first-order chi connectivity index (χ1) is 11.1. The van der Waals surface area contributed by atoms with Crippen LogP contribution in [0.5, 0.6) is 0 Å². The highest BCUT2D eigenvalue weighted by Crippen LogP contribution is 2.08. The highest BCUT2D eigenvalue weighted by Gasteiger charge is 2.06. The summed E-state index contributed by atoms with van der Waals surface area (Å²) in [6.07, 6.45) is 2.71. The molecular weight excluding hydrogens is 298 g/mol. The molecule has 0 radical (unpaired) electrons. The van der Waals surface area contributed by atoms with E-state index in [1.54, 1.807) is 43.3 Å². The summed E-state index contributed by atoms with van der Waals surface area (Å²) < 4.78 is 11.3. The third-order valence-corrected chi connectivity index (χ3v) is 3.10. The summed E-state index contributed by atoms with van der Waals surface area (Å²) in [7, 11) is 0. The second-order valence-corrected chi connectivity index (χ2v) is 4.79. The predicted molar refractivity (Wildman–Crippen MR) is 82.4 cm³/mol. The van der Waals surface area contributed by atoms with Crippen molar-refractivity contribution in [2.24, 2.45) is 0 Å². The number of aromatic nitrogens is 3. The van der Waals surface area contributed by atoms with Gasteiger partial charge in [-0.15, -0.1) is 5.10 Å². The zero-order valence-corrected chi connectivity index (χ0v) is 12.3. The number of carbonyl (C=O) groups excluding carboxylic acids is 1. The van der Waals surface area contributed by atoms with Crippen molar-refractivity contribution in [3.8, 4) is 0 Å². The Morgan fingerprint density at radius 3 is 2.91 bits per heavy atom. The SMILES string of the molecule is Cc1ccc(C=CC(=O)OCn2nnc3ccccc3c2=O)o1. The van der Waals surface area contributed by atoms with E-state index in [-0.39, 0.29) is 12.3 Å². The van der Waals surface area contributed by atoms with Crippen LogP contribution in [0.2, 0.25) is 0 Å². The largest absolute Gasteiger partial charge is 0.462 e. The maximum atomic E-state index is 12.2. The molecular formula is C16H13N3O4. The van der Waals surface area contributed by atoms with Crippen molar-refractivity contribution in [1.82, 2.24) is 15.0 Å². The number of carbonyl (C=O) groups is 1. The molecule has 116 valence electrons. The van der Waals surface area contributed by atoms with Crippen LogP contribution in [-0.4, -0.2) is 21.0 Å². The summed E-state index contributed by atoms with van der Waals surface area (Å²) in [5, 5.41) is 8.06. The lowest BCUT2D eigenvalue weighted by atomic mass is 10.2. The average molecular weight is 311 g/mol. The molecule has 23 heavy (non-hydrogen) atoms. The number of benzene rings is 1. The van der Waals surface area contributed by atoms with Crippen LogP contribution in [0.3, 0.4) is 0 Å². The van der Waals surface area contributed by atoms with E-state index in [9.17, 15) is 9.59 Å². The Morgan fingerprint density at radius 1 is 1.30 bits per heavy atom. The summed E-state index contributed by atoms with van der Waals surface area (Å²) in [5.41, 5.74) is 0.127. The van der Waals surface area contributed by atoms with Crippen molar-refractivity contribution >= 4 is 22.9 Å². The smallest absolute Gasteiger partial charge is 0.332 e. The van der Waals surface area contributed by atoms with Crippen molar-refractivity contribution in [3.05, 3.63) is 64.3 Å². The molecule has 7 heteroatoms. The molecule has 0 atom stereocenters. The number of ether oxygens (including phenoxy) is 1. The quantitative estimate of drug-likeness (QED) is 0.540. The Hall–Kier alpha value is -3.22. The number of furan rings is 1. The topological polar surface area (TPSA) is 87.2 Å². The molecule has 0 aliphatic heterocycles. The average Bonchev–Trinajstić information content (AvgIpc) is 2.98. The Balaban J connectivity index is 1.68. The van der Waals surface area contributed by atoms with Gasteiger partial charge in [-0.25, -0.2) is 4.79 Å². The Kier molecular flexibility index (Phi) is 4.01. The van der Waals surface area contributed by atoms with E-state index in [4.69, 9.17) is 9.15 Å². The van der Waals surface area contributed by atoms with Crippen molar-refractivity contribution < 1.29 is 13.9 Å². The fraction of sp³-hybridized carbons (Fsp3) is 0.125. The van der Waals surface area contributed by atoms with Gasteiger partial charge in [-0.05, 0) is 37.3 Å². The van der Waals surface area contributed by atoms with Crippen LogP contribution in [0.25, 0.3) is 17.0 Å². The fourth-order valence-corrected chi connectivity index (χ4v) is 1.97. The molecule has 1 aromatic carbocycles. The van der Waals surface area contributed by atoms with Crippen LogP contribution in [-0.2, 0) is 16.3 Å². The lowest BCUT2D eigenvalue weighted by Crippen LogP contribution is -2.26. The molecule has 0 N–H and O–H groups in total. The molecule has 0 aliphatic rings. The lowest BCUT2D eigenvalue weighted by molar-refractivity contribution is -0.141.